The molecule has 2 rings (SSSR count). The van der Waals surface area contributed by atoms with Crippen LogP contribution in [0.4, 0.5) is 4.79 Å². The number of hydrogen-bond acceptors (Lipinski definition) is 5. The summed E-state index contributed by atoms with van der Waals surface area (Å²) in [4.78, 5) is 47.9. The van der Waals surface area contributed by atoms with E-state index in [1.807, 2.05) is 31.2 Å². The SMILES string of the molecule is Cc1ccccc1CCNC(=O)COC(=O)CN1C(=O)NC(C)(C)C1=O. The van der Waals surface area contributed by atoms with Gasteiger partial charge in [0.1, 0.15) is 12.1 Å². The number of nitrogens with one attached hydrogen (secondary N) is 2. The third-order valence-corrected chi connectivity index (χ3v) is 4.07. The second-order valence-corrected chi connectivity index (χ2v) is 6.63. The number of benzene rings is 1. The molecule has 140 valence electrons. The molecule has 0 unspecified atom stereocenters. The van der Waals surface area contributed by atoms with Crippen LogP contribution in [0.15, 0.2) is 24.3 Å². The number of carbonyl (C=O) groups excluding carboxylic acids is 4. The van der Waals surface area contributed by atoms with Gasteiger partial charge >= 0.3 is 12.0 Å². The Morgan fingerprint density at radius 1 is 1.23 bits per heavy atom. The summed E-state index contributed by atoms with van der Waals surface area (Å²) in [7, 11) is 0. The number of aryl methyl sites for hydroxylation is 1. The third-order valence-electron chi connectivity index (χ3n) is 4.07. The third kappa shape index (κ3) is 4.81. The van der Waals surface area contributed by atoms with E-state index in [1.54, 1.807) is 13.8 Å². The fourth-order valence-electron chi connectivity index (χ4n) is 2.56. The van der Waals surface area contributed by atoms with Crippen LogP contribution < -0.4 is 10.6 Å². The molecule has 4 amide bonds. The fraction of sp³-hybridized carbons (Fsp3) is 0.444. The quantitative estimate of drug-likeness (QED) is 0.544. The zero-order valence-corrected chi connectivity index (χ0v) is 15.1. The van der Waals surface area contributed by atoms with Crippen molar-refractivity contribution >= 4 is 23.8 Å². The zero-order valence-electron chi connectivity index (χ0n) is 15.1. The lowest BCUT2D eigenvalue weighted by Gasteiger charge is -2.15. The van der Waals surface area contributed by atoms with Crippen molar-refractivity contribution in [3.8, 4) is 0 Å². The summed E-state index contributed by atoms with van der Waals surface area (Å²) in [6.07, 6.45) is 0.671. The maximum atomic E-state index is 12.0. The lowest BCUT2D eigenvalue weighted by Crippen LogP contribution is -2.41. The van der Waals surface area contributed by atoms with Crippen LogP contribution in [0.5, 0.6) is 0 Å². The smallest absolute Gasteiger partial charge is 0.326 e. The minimum Gasteiger partial charge on any atom is -0.454 e. The Kier molecular flexibility index (Phi) is 5.97. The van der Waals surface area contributed by atoms with E-state index in [2.05, 4.69) is 10.6 Å². The minimum atomic E-state index is -1.05. The Morgan fingerprint density at radius 3 is 2.54 bits per heavy atom. The lowest BCUT2D eigenvalue weighted by atomic mass is 10.1. The van der Waals surface area contributed by atoms with Crippen molar-refractivity contribution in [1.29, 1.82) is 0 Å². The summed E-state index contributed by atoms with van der Waals surface area (Å²) in [5, 5.41) is 5.12. The largest absolute Gasteiger partial charge is 0.454 e. The lowest BCUT2D eigenvalue weighted by molar-refractivity contribution is -0.151. The number of hydrogen-bond donors (Lipinski definition) is 2. The predicted octanol–water partition coefficient (Wildman–Crippen LogP) is 0.527. The van der Waals surface area contributed by atoms with Gasteiger partial charge in [-0.2, -0.15) is 0 Å². The highest BCUT2D eigenvalue weighted by Crippen LogP contribution is 2.16. The molecule has 0 radical (unpaired) electrons. The molecule has 26 heavy (non-hydrogen) atoms. The van der Waals surface area contributed by atoms with E-state index in [-0.39, 0.29) is 0 Å². The van der Waals surface area contributed by atoms with Crippen LogP contribution >= 0.6 is 0 Å². The molecule has 1 aromatic carbocycles. The number of urea groups is 1. The molecular formula is C18H23N3O5. The summed E-state index contributed by atoms with van der Waals surface area (Å²) in [6.45, 7) is 4.52. The van der Waals surface area contributed by atoms with Gasteiger partial charge in [0.15, 0.2) is 6.61 Å². The van der Waals surface area contributed by atoms with E-state index in [0.29, 0.717) is 13.0 Å². The van der Waals surface area contributed by atoms with Crippen molar-refractivity contribution in [2.75, 3.05) is 19.7 Å². The first-order valence-electron chi connectivity index (χ1n) is 8.31. The Bertz CT molecular complexity index is 729. The molecule has 0 aliphatic carbocycles. The standard InChI is InChI=1S/C18H23N3O5/c1-12-6-4-5-7-13(12)8-9-19-14(22)11-26-15(23)10-21-16(24)18(2,3)20-17(21)25/h4-7H,8-11H2,1-3H3,(H,19,22)(H,20,25). The van der Waals surface area contributed by atoms with E-state index < -0.39 is 42.5 Å². The molecule has 1 heterocycles. The summed E-state index contributed by atoms with van der Waals surface area (Å²) >= 11 is 0. The van der Waals surface area contributed by atoms with Gasteiger partial charge in [-0.3, -0.25) is 19.3 Å². The Hall–Kier alpha value is -2.90. The second kappa shape index (κ2) is 7.99. The molecular weight excluding hydrogens is 338 g/mol. The normalized spacial score (nSPS) is 15.6. The van der Waals surface area contributed by atoms with Crippen LogP contribution in [-0.2, 0) is 25.5 Å². The molecule has 0 bridgehead atoms. The molecule has 1 aliphatic rings. The number of imide groups is 1. The molecule has 2 N–H and O–H groups in total. The number of ether oxygens (including phenoxy) is 1. The van der Waals surface area contributed by atoms with Crippen molar-refractivity contribution in [3.05, 3.63) is 35.4 Å². The number of amides is 4. The molecule has 8 heteroatoms. The summed E-state index contributed by atoms with van der Waals surface area (Å²) in [5.74, 6) is -1.77. The van der Waals surface area contributed by atoms with Gasteiger partial charge in [-0.15, -0.1) is 0 Å². The van der Waals surface area contributed by atoms with Crippen LogP contribution in [-0.4, -0.2) is 54.0 Å². The average molecular weight is 361 g/mol. The van der Waals surface area contributed by atoms with Crippen LogP contribution in [0.25, 0.3) is 0 Å². The highest BCUT2D eigenvalue weighted by atomic mass is 16.5. The molecule has 1 saturated heterocycles. The molecule has 1 fully saturated rings. The molecule has 8 nitrogen and oxygen atoms in total. The molecule has 1 aromatic rings. The summed E-state index contributed by atoms with van der Waals surface area (Å²) < 4.78 is 4.83. The van der Waals surface area contributed by atoms with Gasteiger partial charge in [0.2, 0.25) is 0 Å². The number of nitrogens with zero attached hydrogens (tertiary/aromatic N) is 1. The van der Waals surface area contributed by atoms with Crippen molar-refractivity contribution in [2.45, 2.75) is 32.7 Å². The van der Waals surface area contributed by atoms with Crippen LogP contribution in [0.2, 0.25) is 0 Å². The Morgan fingerprint density at radius 2 is 1.92 bits per heavy atom. The van der Waals surface area contributed by atoms with Crippen molar-refractivity contribution in [3.63, 3.8) is 0 Å². The second-order valence-electron chi connectivity index (χ2n) is 6.63. The minimum absolute atomic E-state index is 0.419. The number of esters is 1. The van der Waals surface area contributed by atoms with Crippen molar-refractivity contribution in [2.24, 2.45) is 0 Å². The monoisotopic (exact) mass is 361 g/mol. The van der Waals surface area contributed by atoms with Gasteiger partial charge in [0.25, 0.3) is 11.8 Å². The van der Waals surface area contributed by atoms with Crippen molar-refractivity contribution in [1.82, 2.24) is 15.5 Å². The van der Waals surface area contributed by atoms with Crippen molar-refractivity contribution < 1.29 is 23.9 Å². The topological polar surface area (TPSA) is 105 Å². The fourth-order valence-corrected chi connectivity index (χ4v) is 2.56. The predicted molar refractivity (Wildman–Crippen MR) is 93.2 cm³/mol. The first kappa shape index (κ1) is 19.4. The van der Waals surface area contributed by atoms with Gasteiger partial charge in [-0.05, 0) is 38.3 Å². The van der Waals surface area contributed by atoms with Gasteiger partial charge in [0, 0.05) is 6.54 Å². The maximum absolute atomic E-state index is 12.0. The van der Waals surface area contributed by atoms with Gasteiger partial charge in [-0.1, -0.05) is 24.3 Å². The molecule has 0 atom stereocenters. The first-order chi connectivity index (χ1) is 12.2. The average Bonchev–Trinajstić information content (AvgIpc) is 2.76. The van der Waals surface area contributed by atoms with E-state index in [0.717, 1.165) is 16.0 Å². The van der Waals surface area contributed by atoms with E-state index in [4.69, 9.17) is 4.74 Å². The Balaban J connectivity index is 1.70. The summed E-state index contributed by atoms with van der Waals surface area (Å²) in [6, 6.07) is 7.21. The van der Waals surface area contributed by atoms with Gasteiger partial charge in [-0.25, -0.2) is 4.79 Å². The zero-order chi connectivity index (χ0) is 19.3. The highest BCUT2D eigenvalue weighted by Gasteiger charge is 2.45. The van der Waals surface area contributed by atoms with Crippen LogP contribution in [0.3, 0.4) is 0 Å². The van der Waals surface area contributed by atoms with E-state index in [1.165, 1.54) is 0 Å². The number of rotatable bonds is 7. The Labute approximate surface area is 151 Å². The van der Waals surface area contributed by atoms with E-state index in [9.17, 15) is 19.2 Å². The van der Waals surface area contributed by atoms with E-state index >= 15 is 0 Å². The van der Waals surface area contributed by atoms with Gasteiger partial charge in [0.05, 0.1) is 0 Å². The first-order valence-corrected chi connectivity index (χ1v) is 8.31. The highest BCUT2D eigenvalue weighted by molar-refractivity contribution is 6.08. The molecule has 1 aliphatic heterocycles. The number of carbonyl (C=O) groups is 4. The summed E-state index contributed by atoms with van der Waals surface area (Å²) in [5.41, 5.74) is 1.22. The molecule has 0 saturated carbocycles. The van der Waals surface area contributed by atoms with Gasteiger partial charge < -0.3 is 15.4 Å². The maximum Gasteiger partial charge on any atom is 0.326 e. The van der Waals surface area contributed by atoms with Crippen LogP contribution in [0.1, 0.15) is 25.0 Å². The molecule has 0 spiro atoms. The molecule has 0 aromatic heterocycles. The van der Waals surface area contributed by atoms with Crippen LogP contribution in [0, 0.1) is 6.92 Å².